The summed E-state index contributed by atoms with van der Waals surface area (Å²) in [4.78, 5) is 36.9. The topological polar surface area (TPSA) is 267 Å². The SMILES string of the molecule is CON(C)C(=O)c1cc2c([n+](CCCS(=O)(=O)O)c1)N=C(/C=C/C=C1/N(CCCS(=O)(=O)O)c3ccc(S(=O)(=O)O)cc3C1(C)c1ccc(C(=O)NN)cc1)C2(C)C. The number of anilines is 1. The fourth-order valence-corrected chi connectivity index (χ4v) is 8.65. The maximum atomic E-state index is 13.2. The van der Waals surface area contributed by atoms with E-state index in [0.29, 0.717) is 39.6 Å². The summed E-state index contributed by atoms with van der Waals surface area (Å²) >= 11 is 0. The second-order valence-corrected chi connectivity index (χ2v) is 19.0. The Kier molecular flexibility index (Phi) is 12.5. The first-order chi connectivity index (χ1) is 26.9. The van der Waals surface area contributed by atoms with Gasteiger partial charge in [-0.3, -0.25) is 33.5 Å². The first-order valence-electron chi connectivity index (χ1n) is 17.7. The number of hydroxylamine groups is 2. The number of nitrogens with two attached hydrogens (primary N) is 1. The molecule has 0 bridgehead atoms. The molecule has 2 aromatic carbocycles. The van der Waals surface area contributed by atoms with E-state index < -0.39 is 64.5 Å². The minimum absolute atomic E-state index is 0.0185. The molecule has 21 heteroatoms. The Hall–Kier alpha value is -4.87. The van der Waals surface area contributed by atoms with Gasteiger partial charge in [0.1, 0.15) is 6.20 Å². The molecule has 312 valence electrons. The lowest BCUT2D eigenvalue weighted by Gasteiger charge is -2.31. The van der Waals surface area contributed by atoms with Crippen LogP contribution in [0.1, 0.15) is 71.0 Å². The van der Waals surface area contributed by atoms with Gasteiger partial charge >= 0.3 is 5.82 Å². The van der Waals surface area contributed by atoms with E-state index in [9.17, 15) is 48.5 Å². The van der Waals surface area contributed by atoms with Crippen LogP contribution in [0.25, 0.3) is 0 Å². The number of pyridine rings is 1. The number of hydrogen-bond donors (Lipinski definition) is 5. The Morgan fingerprint density at radius 2 is 1.57 bits per heavy atom. The average molecular weight is 862 g/mol. The van der Waals surface area contributed by atoms with Crippen molar-refractivity contribution in [1.29, 1.82) is 0 Å². The van der Waals surface area contributed by atoms with Gasteiger partial charge in [-0.25, -0.2) is 15.5 Å². The number of rotatable bonds is 15. The zero-order valence-electron chi connectivity index (χ0n) is 32.3. The zero-order valence-corrected chi connectivity index (χ0v) is 34.7. The minimum Gasteiger partial charge on any atom is -0.344 e. The van der Waals surface area contributed by atoms with E-state index in [-0.39, 0.29) is 42.0 Å². The monoisotopic (exact) mass is 861 g/mol. The molecule has 3 heterocycles. The summed E-state index contributed by atoms with van der Waals surface area (Å²) in [5.41, 5.74) is 3.76. The Bertz CT molecular complexity index is 2570. The van der Waals surface area contributed by atoms with Crippen LogP contribution < -0.4 is 20.7 Å². The maximum absolute atomic E-state index is 13.2. The molecular weight excluding hydrogens is 817 g/mol. The van der Waals surface area contributed by atoms with Crippen LogP contribution in [0.2, 0.25) is 0 Å². The van der Waals surface area contributed by atoms with E-state index in [2.05, 4.69) is 5.43 Å². The van der Waals surface area contributed by atoms with Gasteiger partial charge in [-0.2, -0.15) is 25.3 Å². The summed E-state index contributed by atoms with van der Waals surface area (Å²) in [6.07, 6.45) is 6.70. The van der Waals surface area contributed by atoms with E-state index in [1.165, 1.54) is 50.7 Å². The second kappa shape index (κ2) is 16.4. The molecule has 1 unspecified atom stereocenters. The van der Waals surface area contributed by atoms with Crippen LogP contribution in [0.3, 0.4) is 0 Å². The largest absolute Gasteiger partial charge is 0.344 e. The highest BCUT2D eigenvalue weighted by Gasteiger charge is 2.46. The van der Waals surface area contributed by atoms with E-state index in [1.807, 2.05) is 13.8 Å². The molecule has 58 heavy (non-hydrogen) atoms. The van der Waals surface area contributed by atoms with Crippen molar-refractivity contribution in [2.24, 2.45) is 10.8 Å². The van der Waals surface area contributed by atoms with Gasteiger partial charge in [0, 0.05) is 37.0 Å². The summed E-state index contributed by atoms with van der Waals surface area (Å²) in [7, 11) is -10.5. The first kappa shape index (κ1) is 44.2. The third-order valence-electron chi connectivity index (χ3n) is 10.3. The number of amides is 2. The molecule has 0 aliphatic carbocycles. The molecule has 0 spiro atoms. The number of carbonyl (C=O) groups is 2. The van der Waals surface area contributed by atoms with Crippen molar-refractivity contribution in [3.8, 4) is 0 Å². The van der Waals surface area contributed by atoms with E-state index >= 15 is 0 Å². The molecule has 0 radical (unpaired) electrons. The molecule has 0 saturated heterocycles. The molecule has 1 aromatic heterocycles. The Labute approximate surface area is 336 Å². The van der Waals surface area contributed by atoms with E-state index in [4.69, 9.17) is 15.7 Å². The van der Waals surface area contributed by atoms with Gasteiger partial charge in [-0.05, 0) is 91.9 Å². The number of nitrogens with one attached hydrogen (secondary N) is 1. The Morgan fingerprint density at radius 1 is 0.931 bits per heavy atom. The number of carbonyl (C=O) groups excluding carboxylic acids is 2. The van der Waals surface area contributed by atoms with Crippen LogP contribution in [-0.4, -0.2) is 93.7 Å². The van der Waals surface area contributed by atoms with Crippen LogP contribution in [-0.2, 0) is 52.6 Å². The molecule has 3 aromatic rings. The standard InChI is InChI=1S/C37H44N6O12S3/c1-36(2)29-21-25(35(45)41(4)55-5)23-42(17-7-19-56(46,47)48)33(29)39-31(36)9-6-10-32-37(3,26-13-11-24(12-14-26)34(44)40-38)28-22-27(58(52,53)54)15-16-30(28)43(32)18-8-20-57(49,50)51/h6,9-16,21-23H,7-8,17-20,38H2,1-5H3,(H3-,40,44,46,47,48,49,50,51,52,53,54)/p+1. The van der Waals surface area contributed by atoms with Crippen LogP contribution in [0.5, 0.6) is 0 Å². The molecular formula is C37H45N6O12S3+. The fourth-order valence-electron chi connectivity index (χ4n) is 7.16. The van der Waals surface area contributed by atoms with Crippen LogP contribution in [0, 0.1) is 0 Å². The average Bonchev–Trinajstić information content (AvgIpc) is 3.55. The summed E-state index contributed by atoms with van der Waals surface area (Å²) in [5, 5.41) is 1.04. The number of nitrogens with zero attached hydrogens (tertiary/aromatic N) is 4. The van der Waals surface area contributed by atoms with Crippen molar-refractivity contribution in [1.82, 2.24) is 10.5 Å². The fraction of sp³-hybridized carbons (Fsp3) is 0.351. The molecule has 0 fully saturated rings. The number of nitrogen functional groups attached to an aromatic ring is 1. The maximum Gasteiger partial charge on any atom is 0.327 e. The Balaban J connectivity index is 1.66. The molecule has 2 amide bonds. The second-order valence-electron chi connectivity index (χ2n) is 14.4. The quantitative estimate of drug-likeness (QED) is 0.0484. The number of allylic oxidation sites excluding steroid dienone is 4. The van der Waals surface area contributed by atoms with Crippen molar-refractivity contribution < 1.29 is 57.9 Å². The van der Waals surface area contributed by atoms with Crippen molar-refractivity contribution in [2.75, 3.05) is 37.1 Å². The van der Waals surface area contributed by atoms with Crippen molar-refractivity contribution in [3.63, 3.8) is 0 Å². The number of aryl methyl sites for hydroxylation is 1. The van der Waals surface area contributed by atoms with Gasteiger partial charge < -0.3 is 4.90 Å². The zero-order chi connectivity index (χ0) is 43.0. The number of hydrogen-bond acceptors (Lipinski definition) is 12. The summed E-state index contributed by atoms with van der Waals surface area (Å²) < 4.78 is 102. The van der Waals surface area contributed by atoms with Gasteiger partial charge in [0.15, 0.2) is 5.71 Å². The van der Waals surface area contributed by atoms with Gasteiger partial charge in [-0.1, -0.05) is 18.2 Å². The van der Waals surface area contributed by atoms with E-state index in [0.717, 1.165) is 5.06 Å². The Morgan fingerprint density at radius 3 is 2.16 bits per heavy atom. The summed E-state index contributed by atoms with van der Waals surface area (Å²) in [5.74, 6) is 3.68. The molecule has 0 saturated carbocycles. The highest BCUT2D eigenvalue weighted by atomic mass is 32.2. The molecule has 1 atom stereocenters. The predicted octanol–water partition coefficient (Wildman–Crippen LogP) is 2.64. The molecule has 2 aliphatic rings. The van der Waals surface area contributed by atoms with Crippen LogP contribution in [0.15, 0.2) is 88.5 Å². The predicted molar refractivity (Wildman–Crippen MR) is 213 cm³/mol. The number of aliphatic imine (C=N–C) groups is 1. The van der Waals surface area contributed by atoms with Crippen LogP contribution >= 0.6 is 0 Å². The summed E-state index contributed by atoms with van der Waals surface area (Å²) in [6, 6.07) is 12.1. The number of aromatic nitrogens is 1. The number of hydrazine groups is 1. The third kappa shape index (κ3) is 9.21. The van der Waals surface area contributed by atoms with Crippen molar-refractivity contribution in [2.45, 2.75) is 55.9 Å². The highest BCUT2D eigenvalue weighted by molar-refractivity contribution is 7.86. The van der Waals surface area contributed by atoms with Crippen molar-refractivity contribution >= 4 is 59.4 Å². The summed E-state index contributed by atoms with van der Waals surface area (Å²) in [6.45, 7) is 5.72. The lowest BCUT2D eigenvalue weighted by molar-refractivity contribution is -0.684. The lowest BCUT2D eigenvalue weighted by atomic mass is 9.75. The van der Waals surface area contributed by atoms with Crippen LogP contribution in [0.4, 0.5) is 11.5 Å². The molecule has 6 N–H and O–H groups in total. The van der Waals surface area contributed by atoms with Gasteiger partial charge in [0.2, 0.25) is 0 Å². The van der Waals surface area contributed by atoms with Gasteiger partial charge in [0.05, 0.1) is 52.0 Å². The normalized spacial score (nSPS) is 18.3. The minimum atomic E-state index is -4.67. The van der Waals surface area contributed by atoms with Crippen molar-refractivity contribution in [3.05, 3.63) is 106 Å². The highest BCUT2D eigenvalue weighted by Crippen LogP contribution is 2.52. The van der Waals surface area contributed by atoms with Gasteiger partial charge in [-0.15, -0.1) is 0 Å². The van der Waals surface area contributed by atoms with Gasteiger partial charge in [0.25, 0.3) is 42.2 Å². The smallest absolute Gasteiger partial charge is 0.327 e. The lowest BCUT2D eigenvalue weighted by Crippen LogP contribution is -2.38. The number of fused-ring (bicyclic) bond motifs is 2. The molecule has 18 nitrogen and oxygen atoms in total. The first-order valence-corrected chi connectivity index (χ1v) is 22.4. The molecule has 2 aliphatic heterocycles. The van der Waals surface area contributed by atoms with E-state index in [1.54, 1.807) is 52.8 Å². The molecule has 5 rings (SSSR count). The third-order valence-corrected chi connectivity index (χ3v) is 12.8. The number of benzene rings is 2.